The van der Waals surface area contributed by atoms with Gasteiger partial charge in [0.05, 0.1) is 23.9 Å². The highest BCUT2D eigenvalue weighted by Crippen LogP contribution is 2.38. The van der Waals surface area contributed by atoms with Crippen LogP contribution in [-0.2, 0) is 44.3 Å². The first-order valence-electron chi connectivity index (χ1n) is 26.3. The molecule has 1 amide bonds. The van der Waals surface area contributed by atoms with Crippen LogP contribution in [0.2, 0.25) is 0 Å². The van der Waals surface area contributed by atoms with Gasteiger partial charge >= 0.3 is 12.1 Å². The molecule has 0 aromatic heterocycles. The van der Waals surface area contributed by atoms with Crippen molar-refractivity contribution in [1.82, 2.24) is 4.90 Å². The molecule has 1 aromatic rings. The maximum absolute atomic E-state index is 14.5. The Morgan fingerprint density at radius 3 is 2.26 bits per heavy atom. The molecule has 1 aromatic carbocycles. The molecule has 2 bridgehead atoms. The second kappa shape index (κ2) is 27.0. The number of halogens is 3. The van der Waals surface area contributed by atoms with Crippen LogP contribution in [0.3, 0.4) is 0 Å². The SMILES string of the molecule is CO[C@@H]1CC(C[C@@H](C)[C@@H]2CC[C@H](N)/C=C(\C)[C@@H](O)[C@@H](OC)C(=O)[C@H](C)C[C@H](C)/C=C/C=C/C=C(\C)C(Nc3ccc(C(F)(F)F)cc3)C[C@@H]3CCC(C)[C@@](O)(O3)C(=O)C(=O)N3CCCC[C@H]3C(=O)O2)CC[C@H]1O. The number of hydrogen-bond donors (Lipinski definition) is 5. The van der Waals surface area contributed by atoms with Crippen molar-refractivity contribution in [2.24, 2.45) is 35.3 Å². The summed E-state index contributed by atoms with van der Waals surface area (Å²) >= 11 is 0. The summed E-state index contributed by atoms with van der Waals surface area (Å²) in [6, 6.07) is 2.30. The highest BCUT2D eigenvalue weighted by atomic mass is 19.4. The zero-order valence-corrected chi connectivity index (χ0v) is 44.0. The molecule has 14 nitrogen and oxygen atoms in total. The number of nitrogens with zero attached hydrogens (tertiary/aromatic N) is 1. The van der Waals surface area contributed by atoms with Crippen molar-refractivity contribution in [3.8, 4) is 0 Å². The van der Waals surface area contributed by atoms with E-state index in [0.29, 0.717) is 75.5 Å². The molecule has 4 aliphatic rings. The lowest BCUT2D eigenvalue weighted by molar-refractivity contribution is -0.263. The Kier molecular flexibility index (Phi) is 22.1. The number of cyclic esters (lactones) is 1. The third kappa shape index (κ3) is 16.1. The number of piperidine rings is 1. The molecule has 15 atom stereocenters. The van der Waals surface area contributed by atoms with Gasteiger partial charge in [-0.3, -0.25) is 14.4 Å². The van der Waals surface area contributed by atoms with Gasteiger partial charge in [-0.2, -0.15) is 13.2 Å². The van der Waals surface area contributed by atoms with Gasteiger partial charge in [-0.25, -0.2) is 4.79 Å². The van der Waals surface area contributed by atoms with Crippen molar-refractivity contribution in [3.63, 3.8) is 0 Å². The van der Waals surface area contributed by atoms with Gasteiger partial charge in [-0.05, 0) is 145 Å². The number of ketones is 2. The molecule has 3 heterocycles. The van der Waals surface area contributed by atoms with E-state index in [0.717, 1.165) is 24.1 Å². The summed E-state index contributed by atoms with van der Waals surface area (Å²) in [7, 11) is 2.95. The fraction of sp³-hybridized carbons (Fsp3) is 0.679. The number of anilines is 1. The number of hydrogen-bond acceptors (Lipinski definition) is 13. The first kappa shape index (κ1) is 59.6. The molecular formula is C56H82F3N3O11. The standard InChI is InChI=1S/C56H82F3N3O11/c1-33-14-10-9-11-15-34(2)44(61-42-22-19-40(20-23-42)56(57,58)59)32-43-24-17-38(6)55(69,73-43)52(66)53(67)62-27-13-12-16-45(62)54(68)72-47(35(3)29-39-18-25-46(63)48(31-39)70-7)26-21-41(60)30-37(5)50(65)51(71-8)49(64)36(4)28-33/h9-11,14-15,19-20,22-23,30,33,35-36,38-39,41,43-48,50-51,61,63,65,69H,12-13,16-18,21,24-29,31-32,60H2,1-8H3/b11-9+,14-10+,34-15+,37-30+/t33-,35-,36-,38?,39?,41+,43+,44?,45+,46-,47+,48-,50-,51+,55-/m1/s1. The molecule has 3 aliphatic heterocycles. The number of carbonyl (C=O) groups is 4. The number of ether oxygens (including phenoxy) is 4. The lowest BCUT2D eigenvalue weighted by Gasteiger charge is -2.43. The first-order chi connectivity index (χ1) is 34.5. The fourth-order valence-corrected chi connectivity index (χ4v) is 11.0. The largest absolute Gasteiger partial charge is 0.461 e. The summed E-state index contributed by atoms with van der Waals surface area (Å²) < 4.78 is 64.3. The summed E-state index contributed by atoms with van der Waals surface area (Å²) in [5.74, 6) is -7.14. The molecule has 408 valence electrons. The summed E-state index contributed by atoms with van der Waals surface area (Å²) in [4.78, 5) is 58.3. The number of fused-ring (bicyclic) bond motifs is 3. The number of aliphatic hydroxyl groups is 3. The summed E-state index contributed by atoms with van der Waals surface area (Å²) in [6.07, 6.45) is 7.42. The quantitative estimate of drug-likeness (QED) is 0.0994. The minimum Gasteiger partial charge on any atom is -0.461 e. The molecule has 2 saturated heterocycles. The van der Waals surface area contributed by atoms with Gasteiger partial charge in [0.25, 0.3) is 11.7 Å². The Labute approximate surface area is 430 Å². The van der Waals surface area contributed by atoms with Crippen LogP contribution in [0.4, 0.5) is 18.9 Å². The summed E-state index contributed by atoms with van der Waals surface area (Å²) in [5.41, 5.74) is 7.47. The van der Waals surface area contributed by atoms with Gasteiger partial charge in [0.1, 0.15) is 24.4 Å². The highest BCUT2D eigenvalue weighted by Gasteiger charge is 2.53. The first-order valence-corrected chi connectivity index (χ1v) is 26.3. The van der Waals surface area contributed by atoms with Crippen LogP contribution in [0.25, 0.3) is 0 Å². The average molecular weight is 1030 g/mol. The Balaban J connectivity index is 1.49. The monoisotopic (exact) mass is 1030 g/mol. The Hall–Kier alpha value is -4.23. The van der Waals surface area contributed by atoms with Crippen LogP contribution in [0.15, 0.2) is 71.9 Å². The predicted octanol–water partition coefficient (Wildman–Crippen LogP) is 8.18. The number of nitrogens with two attached hydrogens (primary N) is 1. The number of rotatable bonds is 7. The molecule has 17 heteroatoms. The van der Waals surface area contributed by atoms with Crippen LogP contribution >= 0.6 is 0 Å². The molecule has 3 unspecified atom stereocenters. The van der Waals surface area contributed by atoms with Gasteiger partial charge in [-0.1, -0.05) is 69.7 Å². The van der Waals surface area contributed by atoms with Gasteiger partial charge in [0, 0.05) is 50.4 Å². The van der Waals surface area contributed by atoms with Gasteiger partial charge < -0.3 is 50.2 Å². The third-order valence-corrected chi connectivity index (χ3v) is 15.6. The molecule has 6 N–H and O–H groups in total. The summed E-state index contributed by atoms with van der Waals surface area (Å²) in [5, 5.41) is 37.5. The zero-order chi connectivity index (χ0) is 53.8. The number of amides is 1. The van der Waals surface area contributed by atoms with Crippen LogP contribution in [-0.4, -0.2) is 125 Å². The number of allylic oxidation sites excluding steroid dienone is 5. The van der Waals surface area contributed by atoms with E-state index in [-0.39, 0.29) is 49.0 Å². The second-order valence-corrected chi connectivity index (χ2v) is 21.4. The topological polar surface area (TPSA) is 207 Å². The molecule has 0 radical (unpaired) electrons. The van der Waals surface area contributed by atoms with Crippen molar-refractivity contribution >= 4 is 29.1 Å². The van der Waals surface area contributed by atoms with E-state index in [9.17, 15) is 47.7 Å². The number of methoxy groups -OCH3 is 2. The van der Waals surface area contributed by atoms with E-state index in [1.807, 2.05) is 45.1 Å². The molecule has 1 aliphatic carbocycles. The second-order valence-electron chi connectivity index (χ2n) is 21.4. The van der Waals surface area contributed by atoms with Crippen molar-refractivity contribution < 1.29 is 66.6 Å². The molecule has 1 saturated carbocycles. The molecule has 0 spiro atoms. The van der Waals surface area contributed by atoms with Crippen LogP contribution < -0.4 is 11.1 Å². The van der Waals surface area contributed by atoms with Crippen molar-refractivity contribution in [2.75, 3.05) is 26.1 Å². The normalized spacial score (nSPS) is 37.4. The number of carbonyl (C=O) groups excluding carboxylic acids is 4. The van der Waals surface area contributed by atoms with E-state index < -0.39 is 95.7 Å². The van der Waals surface area contributed by atoms with E-state index in [1.54, 1.807) is 40.0 Å². The lowest BCUT2D eigenvalue weighted by atomic mass is 9.78. The van der Waals surface area contributed by atoms with Crippen molar-refractivity contribution in [3.05, 3.63) is 77.4 Å². The highest BCUT2D eigenvalue weighted by molar-refractivity contribution is 6.39. The number of esters is 1. The van der Waals surface area contributed by atoms with E-state index in [1.165, 1.54) is 24.1 Å². The van der Waals surface area contributed by atoms with Crippen molar-refractivity contribution in [2.45, 2.75) is 192 Å². The Morgan fingerprint density at radius 1 is 0.877 bits per heavy atom. The van der Waals surface area contributed by atoms with E-state index in [4.69, 9.17) is 24.7 Å². The average Bonchev–Trinajstić information content (AvgIpc) is 3.35. The van der Waals surface area contributed by atoms with Gasteiger partial charge in [0.2, 0.25) is 5.79 Å². The zero-order valence-electron chi connectivity index (χ0n) is 44.0. The minimum atomic E-state index is -4.53. The van der Waals surface area contributed by atoms with E-state index >= 15 is 0 Å². The molecule has 5 rings (SSSR count). The van der Waals surface area contributed by atoms with Gasteiger partial charge in [0.15, 0.2) is 5.78 Å². The van der Waals surface area contributed by atoms with Crippen LogP contribution in [0.1, 0.15) is 131 Å². The predicted molar refractivity (Wildman–Crippen MR) is 272 cm³/mol. The van der Waals surface area contributed by atoms with Crippen LogP contribution in [0.5, 0.6) is 0 Å². The number of benzene rings is 1. The lowest BCUT2D eigenvalue weighted by Crippen LogP contribution is -2.61. The maximum atomic E-state index is 14.5. The van der Waals surface area contributed by atoms with Gasteiger partial charge in [-0.15, -0.1) is 0 Å². The minimum absolute atomic E-state index is 0.0472. The number of Topliss-reactive ketones (excluding diaryl/α,β-unsaturated/α-hetero) is 2. The molecule has 73 heavy (non-hydrogen) atoms. The third-order valence-electron chi connectivity index (χ3n) is 15.6. The number of aliphatic hydroxyl groups excluding tert-OH is 2. The molecular weight excluding hydrogens is 948 g/mol. The van der Waals surface area contributed by atoms with Crippen molar-refractivity contribution in [1.29, 1.82) is 0 Å². The Bertz CT molecular complexity index is 2130. The number of nitrogens with one attached hydrogen (secondary N) is 1. The fourth-order valence-electron chi connectivity index (χ4n) is 11.0. The smallest absolute Gasteiger partial charge is 0.416 e. The van der Waals surface area contributed by atoms with Crippen LogP contribution in [0, 0.1) is 29.6 Å². The van der Waals surface area contributed by atoms with E-state index in [2.05, 4.69) is 5.32 Å². The summed E-state index contributed by atoms with van der Waals surface area (Å²) in [6.45, 7) is 11.0. The maximum Gasteiger partial charge on any atom is 0.416 e. The molecule has 3 fully saturated rings. The Morgan fingerprint density at radius 2 is 1.59 bits per heavy atom. The number of alkyl halides is 3.